The molecule has 0 atom stereocenters. The van der Waals surface area contributed by atoms with Crippen LogP contribution in [0.25, 0.3) is 5.57 Å². The Morgan fingerprint density at radius 2 is 1.80 bits per heavy atom. The number of aliphatic carboxylic acids is 1. The van der Waals surface area contributed by atoms with Gasteiger partial charge < -0.3 is 5.11 Å². The first-order valence-electron chi connectivity index (χ1n) is 3.98. The third kappa shape index (κ3) is 2.88. The standard InChI is InChI=1S/C10H7Cl3O2/c1-5(4-8(14)15)9-6(11)2-3-7(12)10(9)13/h2-4H,1H3,(H,14,15)/b5-4+. The van der Waals surface area contributed by atoms with E-state index in [9.17, 15) is 4.79 Å². The van der Waals surface area contributed by atoms with Gasteiger partial charge in [0.2, 0.25) is 0 Å². The second-order valence-electron chi connectivity index (χ2n) is 2.88. The predicted octanol–water partition coefficient (Wildman–Crippen LogP) is 4.13. The highest BCUT2D eigenvalue weighted by molar-refractivity contribution is 6.45. The van der Waals surface area contributed by atoms with Crippen molar-refractivity contribution in [2.45, 2.75) is 6.92 Å². The van der Waals surface area contributed by atoms with E-state index >= 15 is 0 Å². The van der Waals surface area contributed by atoms with Crippen LogP contribution in [0.4, 0.5) is 0 Å². The minimum Gasteiger partial charge on any atom is -0.478 e. The van der Waals surface area contributed by atoms with Crippen LogP contribution >= 0.6 is 34.8 Å². The zero-order valence-corrected chi connectivity index (χ0v) is 9.99. The van der Waals surface area contributed by atoms with Crippen LogP contribution in [0.5, 0.6) is 0 Å². The first-order valence-corrected chi connectivity index (χ1v) is 5.12. The molecule has 0 aromatic heterocycles. The SMILES string of the molecule is C/C(=C\C(=O)O)c1c(Cl)ccc(Cl)c1Cl. The zero-order valence-electron chi connectivity index (χ0n) is 7.72. The summed E-state index contributed by atoms with van der Waals surface area (Å²) < 4.78 is 0. The van der Waals surface area contributed by atoms with E-state index in [1.54, 1.807) is 19.1 Å². The van der Waals surface area contributed by atoms with Gasteiger partial charge in [0.1, 0.15) is 0 Å². The Bertz CT molecular complexity index is 439. The fraction of sp³-hybridized carbons (Fsp3) is 0.100. The summed E-state index contributed by atoms with van der Waals surface area (Å²) in [5.41, 5.74) is 0.910. The highest BCUT2D eigenvalue weighted by atomic mass is 35.5. The number of hydrogen-bond acceptors (Lipinski definition) is 1. The lowest BCUT2D eigenvalue weighted by Crippen LogP contribution is -1.92. The van der Waals surface area contributed by atoms with E-state index in [2.05, 4.69) is 0 Å². The molecule has 0 saturated carbocycles. The number of hydrogen-bond donors (Lipinski definition) is 1. The number of rotatable bonds is 2. The fourth-order valence-corrected chi connectivity index (χ4v) is 1.97. The van der Waals surface area contributed by atoms with Gasteiger partial charge in [-0.2, -0.15) is 0 Å². The first-order chi connectivity index (χ1) is 6.93. The van der Waals surface area contributed by atoms with Crippen LogP contribution in [0.3, 0.4) is 0 Å². The monoisotopic (exact) mass is 264 g/mol. The van der Waals surface area contributed by atoms with Crippen molar-refractivity contribution in [1.82, 2.24) is 0 Å². The normalized spacial score (nSPS) is 11.6. The third-order valence-corrected chi connectivity index (χ3v) is 2.90. The van der Waals surface area contributed by atoms with Gasteiger partial charge in [0.05, 0.1) is 10.0 Å². The molecule has 1 N–H and O–H groups in total. The van der Waals surface area contributed by atoms with Crippen LogP contribution in [0.15, 0.2) is 18.2 Å². The minimum atomic E-state index is -1.06. The summed E-state index contributed by atoms with van der Waals surface area (Å²) in [5.74, 6) is -1.06. The van der Waals surface area contributed by atoms with Gasteiger partial charge in [0, 0.05) is 16.7 Å². The molecular weight excluding hydrogens is 258 g/mol. The molecule has 0 aliphatic rings. The summed E-state index contributed by atoms with van der Waals surface area (Å²) in [6.07, 6.45) is 1.03. The van der Waals surface area contributed by atoms with Gasteiger partial charge in [0.15, 0.2) is 0 Å². The molecule has 0 aliphatic carbocycles. The number of halogens is 3. The summed E-state index contributed by atoms with van der Waals surface area (Å²) in [6, 6.07) is 3.13. The van der Waals surface area contributed by atoms with Crippen molar-refractivity contribution >= 4 is 46.3 Å². The summed E-state index contributed by atoms with van der Waals surface area (Å²) in [7, 11) is 0. The maximum Gasteiger partial charge on any atom is 0.328 e. The summed E-state index contributed by atoms with van der Waals surface area (Å²) in [4.78, 5) is 10.5. The lowest BCUT2D eigenvalue weighted by atomic mass is 10.1. The second kappa shape index (κ2) is 4.88. The Balaban J connectivity index is 3.36. The smallest absolute Gasteiger partial charge is 0.328 e. The molecule has 15 heavy (non-hydrogen) atoms. The highest BCUT2D eigenvalue weighted by Gasteiger charge is 2.11. The Hall–Kier alpha value is -0.700. The summed E-state index contributed by atoms with van der Waals surface area (Å²) >= 11 is 17.6. The molecule has 0 fully saturated rings. The average Bonchev–Trinajstić information content (AvgIpc) is 2.11. The van der Waals surface area contributed by atoms with Gasteiger partial charge >= 0.3 is 5.97 Å². The van der Waals surface area contributed by atoms with Gasteiger partial charge in [-0.1, -0.05) is 34.8 Å². The maximum absolute atomic E-state index is 10.5. The van der Waals surface area contributed by atoms with Crippen molar-refractivity contribution in [3.05, 3.63) is 38.8 Å². The molecule has 0 amide bonds. The third-order valence-electron chi connectivity index (χ3n) is 1.78. The molecule has 0 spiro atoms. The van der Waals surface area contributed by atoms with Crippen LogP contribution in [-0.4, -0.2) is 11.1 Å². The van der Waals surface area contributed by atoms with Crippen LogP contribution < -0.4 is 0 Å². The number of carbonyl (C=O) groups is 1. The second-order valence-corrected chi connectivity index (χ2v) is 4.08. The summed E-state index contributed by atoms with van der Waals surface area (Å²) in [6.45, 7) is 1.61. The molecular formula is C10H7Cl3O2. The lowest BCUT2D eigenvalue weighted by Gasteiger charge is -2.08. The molecule has 0 unspecified atom stereocenters. The minimum absolute atomic E-state index is 0.263. The number of allylic oxidation sites excluding steroid dienone is 1. The van der Waals surface area contributed by atoms with Crippen molar-refractivity contribution in [3.63, 3.8) is 0 Å². The molecule has 1 aromatic rings. The Morgan fingerprint density at radius 3 is 2.33 bits per heavy atom. The van der Waals surface area contributed by atoms with Crippen molar-refractivity contribution < 1.29 is 9.90 Å². The van der Waals surface area contributed by atoms with Gasteiger partial charge in [-0.25, -0.2) is 4.79 Å². The molecule has 0 bridgehead atoms. The van der Waals surface area contributed by atoms with E-state index < -0.39 is 5.97 Å². The van der Waals surface area contributed by atoms with E-state index in [0.29, 0.717) is 21.2 Å². The molecule has 0 heterocycles. The molecule has 0 saturated heterocycles. The van der Waals surface area contributed by atoms with Crippen LogP contribution in [0, 0.1) is 0 Å². The quantitative estimate of drug-likeness (QED) is 0.645. The van der Waals surface area contributed by atoms with Gasteiger partial charge in [-0.15, -0.1) is 0 Å². The number of carboxylic acids is 1. The molecule has 80 valence electrons. The largest absolute Gasteiger partial charge is 0.478 e. The lowest BCUT2D eigenvalue weighted by molar-refractivity contribution is -0.131. The van der Waals surface area contributed by atoms with Gasteiger partial charge in [-0.3, -0.25) is 0 Å². The Morgan fingerprint density at radius 1 is 1.27 bits per heavy atom. The predicted molar refractivity (Wildman–Crippen MR) is 62.8 cm³/mol. The molecule has 1 rings (SSSR count). The maximum atomic E-state index is 10.5. The topological polar surface area (TPSA) is 37.3 Å². The Kier molecular flexibility index (Phi) is 4.03. The number of carboxylic acid groups (broad SMARTS) is 1. The fourth-order valence-electron chi connectivity index (χ4n) is 1.15. The molecule has 0 radical (unpaired) electrons. The molecule has 0 aliphatic heterocycles. The summed E-state index contributed by atoms with van der Waals surface area (Å²) in [5, 5.41) is 9.58. The van der Waals surface area contributed by atoms with E-state index in [1.807, 2.05) is 0 Å². The highest BCUT2D eigenvalue weighted by Crippen LogP contribution is 2.35. The van der Waals surface area contributed by atoms with Gasteiger partial charge in [0.25, 0.3) is 0 Å². The van der Waals surface area contributed by atoms with E-state index in [1.165, 1.54) is 0 Å². The van der Waals surface area contributed by atoms with Crippen molar-refractivity contribution in [2.75, 3.05) is 0 Å². The average molecular weight is 266 g/mol. The molecule has 5 heteroatoms. The van der Waals surface area contributed by atoms with Crippen LogP contribution in [0.2, 0.25) is 15.1 Å². The van der Waals surface area contributed by atoms with E-state index in [4.69, 9.17) is 39.9 Å². The van der Waals surface area contributed by atoms with E-state index in [0.717, 1.165) is 6.08 Å². The first kappa shape index (κ1) is 12.4. The van der Waals surface area contributed by atoms with Crippen molar-refractivity contribution in [3.8, 4) is 0 Å². The molecule has 2 nitrogen and oxygen atoms in total. The number of benzene rings is 1. The van der Waals surface area contributed by atoms with Gasteiger partial charge in [-0.05, 0) is 24.6 Å². The van der Waals surface area contributed by atoms with Crippen LogP contribution in [-0.2, 0) is 4.79 Å². The van der Waals surface area contributed by atoms with E-state index in [-0.39, 0.29) is 5.02 Å². The van der Waals surface area contributed by atoms with Crippen molar-refractivity contribution in [2.24, 2.45) is 0 Å². The van der Waals surface area contributed by atoms with Crippen molar-refractivity contribution in [1.29, 1.82) is 0 Å². The molecule has 1 aromatic carbocycles. The Labute approximate surface area is 102 Å². The zero-order chi connectivity index (χ0) is 11.6. The van der Waals surface area contributed by atoms with Crippen LogP contribution in [0.1, 0.15) is 12.5 Å².